The molecule has 2 N–H and O–H groups in total. The number of phenolic OH excluding ortho intramolecular Hbond substituents is 1. The molecule has 166 valence electrons. The summed E-state index contributed by atoms with van der Waals surface area (Å²) in [4.78, 5) is 0. The van der Waals surface area contributed by atoms with Crippen LogP contribution < -0.4 is 4.74 Å². The summed E-state index contributed by atoms with van der Waals surface area (Å²) >= 11 is 0. The smallest absolute Gasteiger partial charge is 0.126 e. The number of hydrogen-bond donors (Lipinski definition) is 2. The van der Waals surface area contributed by atoms with E-state index in [0.717, 1.165) is 37.0 Å². The summed E-state index contributed by atoms with van der Waals surface area (Å²) in [6.07, 6.45) is 7.58. The first-order chi connectivity index (χ1) is 14.0. The average molecular weight is 413 g/mol. The molecule has 30 heavy (non-hydrogen) atoms. The fourth-order valence-corrected chi connectivity index (χ4v) is 9.11. The highest BCUT2D eigenvalue weighted by molar-refractivity contribution is 5.51. The lowest BCUT2D eigenvalue weighted by Crippen LogP contribution is -2.68. The van der Waals surface area contributed by atoms with Crippen molar-refractivity contribution < 1.29 is 14.9 Å². The summed E-state index contributed by atoms with van der Waals surface area (Å²) in [5.74, 6) is 3.04. The molecule has 1 aromatic carbocycles. The molecule has 0 unspecified atom stereocenters. The Kier molecular flexibility index (Phi) is 4.26. The molecule has 0 saturated heterocycles. The largest absolute Gasteiger partial charge is 0.508 e. The van der Waals surface area contributed by atoms with Crippen LogP contribution in [-0.2, 0) is 6.42 Å². The summed E-state index contributed by atoms with van der Waals surface area (Å²) in [7, 11) is 0. The average Bonchev–Trinajstić information content (AvgIpc) is 3.05. The van der Waals surface area contributed by atoms with Crippen LogP contribution in [0.15, 0.2) is 12.1 Å². The van der Waals surface area contributed by atoms with Crippen molar-refractivity contribution in [3.05, 3.63) is 23.3 Å². The summed E-state index contributed by atoms with van der Waals surface area (Å²) in [5.41, 5.74) is 2.39. The SMILES string of the molecule is Cc1cc(O)cc2c1O[C@@]1(C2)[C@@H](C)CC[C@@H]2[C@@]3(C)CC[C@@H](O)C(C)(C)[C@@H]3CC[C@]21C. The van der Waals surface area contributed by atoms with Crippen LogP contribution in [-0.4, -0.2) is 21.9 Å². The third-order valence-electron chi connectivity index (χ3n) is 10.8. The number of aromatic hydroxyl groups is 1. The highest BCUT2D eigenvalue weighted by Crippen LogP contribution is 2.71. The van der Waals surface area contributed by atoms with Gasteiger partial charge in [0.25, 0.3) is 0 Å². The minimum atomic E-state index is -0.189. The van der Waals surface area contributed by atoms with Gasteiger partial charge in [-0.2, -0.15) is 0 Å². The zero-order valence-corrected chi connectivity index (χ0v) is 19.7. The van der Waals surface area contributed by atoms with Crippen molar-refractivity contribution in [3.8, 4) is 11.5 Å². The molecule has 1 heterocycles. The van der Waals surface area contributed by atoms with Gasteiger partial charge in [0.15, 0.2) is 0 Å². The van der Waals surface area contributed by atoms with E-state index in [-0.39, 0.29) is 27.9 Å². The van der Waals surface area contributed by atoms with E-state index >= 15 is 0 Å². The topological polar surface area (TPSA) is 49.7 Å². The van der Waals surface area contributed by atoms with Gasteiger partial charge in [-0.1, -0.05) is 34.6 Å². The lowest BCUT2D eigenvalue weighted by atomic mass is 9.37. The second-order valence-electron chi connectivity index (χ2n) is 12.3. The highest BCUT2D eigenvalue weighted by Gasteiger charge is 2.69. The Morgan fingerprint density at radius 2 is 1.70 bits per heavy atom. The lowest BCUT2D eigenvalue weighted by molar-refractivity contribution is -0.238. The van der Waals surface area contributed by atoms with E-state index in [1.54, 1.807) is 0 Å². The molecule has 5 rings (SSSR count). The minimum absolute atomic E-state index is 0.0214. The van der Waals surface area contributed by atoms with E-state index in [1.165, 1.54) is 24.8 Å². The van der Waals surface area contributed by atoms with E-state index < -0.39 is 0 Å². The van der Waals surface area contributed by atoms with Crippen molar-refractivity contribution in [1.82, 2.24) is 0 Å². The van der Waals surface area contributed by atoms with Gasteiger partial charge in [0, 0.05) is 17.4 Å². The van der Waals surface area contributed by atoms with Crippen molar-refractivity contribution in [2.75, 3.05) is 0 Å². The Balaban J connectivity index is 1.59. The Morgan fingerprint density at radius 1 is 0.967 bits per heavy atom. The molecule has 1 aliphatic heterocycles. The zero-order valence-electron chi connectivity index (χ0n) is 19.7. The van der Waals surface area contributed by atoms with Gasteiger partial charge in [-0.3, -0.25) is 0 Å². The highest BCUT2D eigenvalue weighted by atomic mass is 16.5. The van der Waals surface area contributed by atoms with Crippen LogP contribution in [0.3, 0.4) is 0 Å². The van der Waals surface area contributed by atoms with Crippen LogP contribution >= 0.6 is 0 Å². The molecule has 3 saturated carbocycles. The van der Waals surface area contributed by atoms with Gasteiger partial charge in [-0.05, 0) is 91.7 Å². The monoisotopic (exact) mass is 412 g/mol. The van der Waals surface area contributed by atoms with Gasteiger partial charge in [-0.25, -0.2) is 0 Å². The maximum atomic E-state index is 10.8. The van der Waals surface area contributed by atoms with Crippen molar-refractivity contribution in [3.63, 3.8) is 0 Å². The van der Waals surface area contributed by atoms with Crippen molar-refractivity contribution >= 4 is 0 Å². The van der Waals surface area contributed by atoms with Gasteiger partial charge in [-0.15, -0.1) is 0 Å². The number of fused-ring (bicyclic) bond motifs is 5. The molecular formula is C27H40O3. The maximum absolute atomic E-state index is 10.8. The van der Waals surface area contributed by atoms with Gasteiger partial charge >= 0.3 is 0 Å². The van der Waals surface area contributed by atoms with Crippen LogP contribution in [0.1, 0.15) is 84.3 Å². The number of rotatable bonds is 0. The summed E-state index contributed by atoms with van der Waals surface area (Å²) in [6, 6.07) is 3.78. The van der Waals surface area contributed by atoms with Crippen LogP contribution in [0.25, 0.3) is 0 Å². The third kappa shape index (κ3) is 2.36. The molecule has 3 nitrogen and oxygen atoms in total. The van der Waals surface area contributed by atoms with Gasteiger partial charge in [0.05, 0.1) is 6.10 Å². The standard InChI is InChI=1S/C27H40O3/c1-16-13-19(28)14-18-15-27(30-23(16)18)17(2)7-8-21-25(5)11-10-22(29)24(3,4)20(25)9-12-26(21,27)6/h13-14,17,20-22,28-29H,7-12,15H2,1-6H3/t17-,20-,21+,22+,25-,26+,27-/m0/s1. The number of aliphatic hydroxyl groups excluding tert-OH is 1. The minimum Gasteiger partial charge on any atom is -0.508 e. The first kappa shape index (κ1) is 20.7. The molecule has 0 aromatic heterocycles. The van der Waals surface area contributed by atoms with Crippen LogP contribution in [0, 0.1) is 40.9 Å². The number of aryl methyl sites for hydroxylation is 1. The van der Waals surface area contributed by atoms with E-state index in [2.05, 4.69) is 41.5 Å². The van der Waals surface area contributed by atoms with Crippen LogP contribution in [0.5, 0.6) is 11.5 Å². The first-order valence-electron chi connectivity index (χ1n) is 12.2. The number of hydrogen-bond acceptors (Lipinski definition) is 3. The van der Waals surface area contributed by atoms with E-state index in [9.17, 15) is 10.2 Å². The molecule has 7 atom stereocenters. The Morgan fingerprint density at radius 3 is 2.43 bits per heavy atom. The molecule has 1 spiro atoms. The summed E-state index contributed by atoms with van der Waals surface area (Å²) in [6.45, 7) is 14.1. The van der Waals surface area contributed by atoms with Crippen molar-refractivity contribution in [2.24, 2.45) is 34.0 Å². The molecule has 1 aromatic rings. The number of ether oxygens (including phenoxy) is 1. The van der Waals surface area contributed by atoms with Crippen molar-refractivity contribution in [2.45, 2.75) is 98.2 Å². The normalized spacial score (nSPS) is 46.6. The van der Waals surface area contributed by atoms with E-state index in [4.69, 9.17) is 4.74 Å². The molecule has 0 radical (unpaired) electrons. The molecule has 3 heteroatoms. The Hall–Kier alpha value is -1.22. The second-order valence-corrected chi connectivity index (χ2v) is 12.3. The van der Waals surface area contributed by atoms with Crippen molar-refractivity contribution in [1.29, 1.82) is 0 Å². The predicted octanol–water partition coefficient (Wildman–Crippen LogP) is 6.02. The zero-order chi connectivity index (χ0) is 21.7. The van der Waals surface area contributed by atoms with Gasteiger partial charge in [0.2, 0.25) is 0 Å². The third-order valence-corrected chi connectivity index (χ3v) is 10.8. The maximum Gasteiger partial charge on any atom is 0.126 e. The molecule has 0 bridgehead atoms. The fraction of sp³-hybridized carbons (Fsp3) is 0.778. The first-order valence-corrected chi connectivity index (χ1v) is 12.2. The second kappa shape index (κ2) is 6.18. The molecule has 0 amide bonds. The number of benzene rings is 1. The summed E-state index contributed by atoms with van der Waals surface area (Å²) < 4.78 is 7.04. The fourth-order valence-electron chi connectivity index (χ4n) is 9.11. The molecule has 3 aliphatic carbocycles. The predicted molar refractivity (Wildman–Crippen MR) is 120 cm³/mol. The summed E-state index contributed by atoms with van der Waals surface area (Å²) in [5, 5.41) is 21.0. The molecule has 3 fully saturated rings. The van der Waals surface area contributed by atoms with Crippen LogP contribution in [0.2, 0.25) is 0 Å². The number of phenols is 1. The quantitative estimate of drug-likeness (QED) is 0.547. The lowest BCUT2D eigenvalue weighted by Gasteiger charge is -2.69. The van der Waals surface area contributed by atoms with E-state index in [0.29, 0.717) is 23.5 Å². The van der Waals surface area contributed by atoms with Gasteiger partial charge in [0.1, 0.15) is 17.1 Å². The van der Waals surface area contributed by atoms with Gasteiger partial charge < -0.3 is 14.9 Å². The Bertz CT molecular complexity index is 875. The Labute approximate surface area is 182 Å². The van der Waals surface area contributed by atoms with E-state index in [1.807, 2.05) is 12.1 Å². The van der Waals surface area contributed by atoms with Crippen LogP contribution in [0.4, 0.5) is 0 Å². The number of aliphatic hydroxyl groups is 1. The molecular weight excluding hydrogens is 372 g/mol. The molecule has 4 aliphatic rings.